The first-order chi connectivity index (χ1) is 13.9. The molecule has 4 rings (SSSR count). The molecule has 3 heterocycles. The Kier molecular flexibility index (Phi) is 4.98. The second kappa shape index (κ2) is 7.46. The number of carbonyl (C=O) groups is 2. The van der Waals surface area contributed by atoms with E-state index in [0.29, 0.717) is 19.4 Å². The first kappa shape index (κ1) is 19.4. The lowest BCUT2D eigenvalue weighted by Crippen LogP contribution is -2.45. The summed E-state index contributed by atoms with van der Waals surface area (Å²) in [4.78, 5) is 33.4. The first-order valence-corrected chi connectivity index (χ1v) is 10.1. The Balaban J connectivity index is 1.57. The van der Waals surface area contributed by atoms with Crippen molar-refractivity contribution in [3.05, 3.63) is 41.2 Å². The summed E-state index contributed by atoms with van der Waals surface area (Å²) < 4.78 is 1.88. The molecule has 1 saturated heterocycles. The molecule has 3 aromatic rings. The first-order valence-electron chi connectivity index (χ1n) is 10.1. The van der Waals surface area contributed by atoms with Crippen LogP contribution in [0.15, 0.2) is 24.3 Å². The van der Waals surface area contributed by atoms with E-state index in [1.807, 2.05) is 42.6 Å². The normalized spacial score (nSPS) is 16.7. The maximum absolute atomic E-state index is 12.9. The van der Waals surface area contributed by atoms with Gasteiger partial charge in [-0.25, -0.2) is 9.50 Å². The van der Waals surface area contributed by atoms with Gasteiger partial charge in [0.15, 0.2) is 5.65 Å². The number of hydrogen-bond donors (Lipinski definition) is 0. The molecule has 0 spiro atoms. The number of rotatable bonds is 4. The molecule has 0 saturated carbocycles. The molecule has 7 heteroatoms. The van der Waals surface area contributed by atoms with Crippen LogP contribution in [0.5, 0.6) is 0 Å². The van der Waals surface area contributed by atoms with Crippen LogP contribution in [-0.2, 0) is 16.0 Å². The smallest absolute Gasteiger partial charge is 0.244 e. The summed E-state index contributed by atoms with van der Waals surface area (Å²) in [5.74, 6) is 0.0433. The number of hydrogen-bond acceptors (Lipinski definition) is 4. The molecule has 0 N–H and O–H groups in total. The average molecular weight is 393 g/mol. The summed E-state index contributed by atoms with van der Waals surface area (Å²) in [6.45, 7) is 4.67. The maximum atomic E-state index is 12.9. The van der Waals surface area contributed by atoms with Crippen LogP contribution in [0.4, 0.5) is 0 Å². The van der Waals surface area contributed by atoms with Crippen molar-refractivity contribution in [3.8, 4) is 0 Å². The van der Waals surface area contributed by atoms with Crippen molar-refractivity contribution in [2.24, 2.45) is 0 Å². The minimum absolute atomic E-state index is 0.00882. The Morgan fingerprint density at radius 3 is 2.72 bits per heavy atom. The third-order valence-corrected chi connectivity index (χ3v) is 5.91. The van der Waals surface area contributed by atoms with Gasteiger partial charge in [-0.05, 0) is 50.8 Å². The van der Waals surface area contributed by atoms with Gasteiger partial charge in [-0.2, -0.15) is 5.10 Å². The molecule has 1 fully saturated rings. The van der Waals surface area contributed by atoms with E-state index in [-0.39, 0.29) is 17.9 Å². The molecule has 0 aliphatic carbocycles. The van der Waals surface area contributed by atoms with E-state index < -0.39 is 0 Å². The van der Waals surface area contributed by atoms with E-state index in [1.54, 1.807) is 23.9 Å². The highest BCUT2D eigenvalue weighted by Gasteiger charge is 2.34. The fraction of sp³-hybridized carbons (Fsp3) is 0.455. The van der Waals surface area contributed by atoms with Crippen molar-refractivity contribution in [2.75, 3.05) is 20.6 Å². The second-order valence-corrected chi connectivity index (χ2v) is 7.99. The van der Waals surface area contributed by atoms with Gasteiger partial charge in [-0.15, -0.1) is 0 Å². The quantitative estimate of drug-likeness (QED) is 0.683. The van der Waals surface area contributed by atoms with Gasteiger partial charge < -0.3 is 9.80 Å². The van der Waals surface area contributed by atoms with Crippen LogP contribution in [0.1, 0.15) is 36.2 Å². The Morgan fingerprint density at radius 2 is 1.97 bits per heavy atom. The number of aromatic nitrogens is 3. The van der Waals surface area contributed by atoms with Gasteiger partial charge in [0.1, 0.15) is 6.04 Å². The molecule has 1 atom stereocenters. The highest BCUT2D eigenvalue weighted by molar-refractivity contribution is 5.92. The third-order valence-electron chi connectivity index (χ3n) is 5.91. The summed E-state index contributed by atoms with van der Waals surface area (Å²) in [5, 5.41) is 5.72. The minimum atomic E-state index is -0.322. The molecule has 7 nitrogen and oxygen atoms in total. The molecule has 29 heavy (non-hydrogen) atoms. The summed E-state index contributed by atoms with van der Waals surface area (Å²) in [7, 11) is 3.48. The molecular formula is C22H27N5O2. The highest BCUT2D eigenvalue weighted by atomic mass is 16.2. The summed E-state index contributed by atoms with van der Waals surface area (Å²) in [6.07, 6.45) is 2.58. The number of carbonyl (C=O) groups excluding carboxylic acids is 2. The number of nitrogens with zero attached hydrogens (tertiary/aromatic N) is 5. The Morgan fingerprint density at radius 1 is 1.21 bits per heavy atom. The molecule has 1 unspecified atom stereocenters. The van der Waals surface area contributed by atoms with E-state index in [9.17, 15) is 9.59 Å². The average Bonchev–Trinajstić information content (AvgIpc) is 3.32. The number of amides is 2. The van der Waals surface area contributed by atoms with E-state index in [2.05, 4.69) is 5.10 Å². The number of aryl methyl sites for hydroxylation is 2. The van der Waals surface area contributed by atoms with Gasteiger partial charge in [0.2, 0.25) is 11.8 Å². The second-order valence-electron chi connectivity index (χ2n) is 7.99. The van der Waals surface area contributed by atoms with Crippen molar-refractivity contribution in [1.29, 1.82) is 0 Å². The van der Waals surface area contributed by atoms with Crippen LogP contribution in [0, 0.1) is 13.8 Å². The van der Waals surface area contributed by atoms with Crippen LogP contribution in [-0.4, -0.2) is 62.9 Å². The third kappa shape index (κ3) is 3.34. The molecular weight excluding hydrogens is 366 g/mol. The van der Waals surface area contributed by atoms with E-state index >= 15 is 0 Å². The van der Waals surface area contributed by atoms with Gasteiger partial charge in [-0.3, -0.25) is 9.59 Å². The van der Waals surface area contributed by atoms with E-state index in [4.69, 9.17) is 4.98 Å². The molecule has 2 amide bonds. The van der Waals surface area contributed by atoms with Crippen LogP contribution >= 0.6 is 0 Å². The predicted octanol–water partition coefficient (Wildman–Crippen LogP) is 2.51. The minimum Gasteiger partial charge on any atom is -0.347 e. The zero-order valence-electron chi connectivity index (χ0n) is 17.5. The summed E-state index contributed by atoms with van der Waals surface area (Å²) in [6, 6.07) is 7.65. The van der Waals surface area contributed by atoms with Crippen molar-refractivity contribution < 1.29 is 9.59 Å². The molecule has 2 aromatic heterocycles. The molecule has 1 aliphatic heterocycles. The number of likely N-dealkylation sites (N-methyl/N-ethyl adjacent to an activating group) is 1. The zero-order chi connectivity index (χ0) is 20.7. The largest absolute Gasteiger partial charge is 0.347 e. The SMILES string of the molecule is Cc1nc2c3ccccc3nn2c(C)c1CCC(=O)N1CCCC1C(=O)N(C)C. The predicted molar refractivity (Wildman–Crippen MR) is 112 cm³/mol. The number of fused-ring (bicyclic) bond motifs is 3. The fourth-order valence-corrected chi connectivity index (χ4v) is 4.33. The van der Waals surface area contributed by atoms with Crippen LogP contribution in [0.2, 0.25) is 0 Å². The monoisotopic (exact) mass is 393 g/mol. The number of likely N-dealkylation sites (tertiary alicyclic amines) is 1. The highest BCUT2D eigenvalue weighted by Crippen LogP contribution is 2.24. The van der Waals surface area contributed by atoms with Gasteiger partial charge >= 0.3 is 0 Å². The van der Waals surface area contributed by atoms with Gasteiger partial charge in [0.05, 0.1) is 5.52 Å². The Hall–Kier alpha value is -2.96. The molecule has 152 valence electrons. The fourth-order valence-electron chi connectivity index (χ4n) is 4.33. The standard InChI is InChI=1S/C22H27N5O2/c1-14-16(11-12-20(28)26-13-7-10-19(26)22(29)25(3)4)15(2)27-21(23-14)17-8-5-6-9-18(17)24-27/h5-6,8-9,19H,7,10-13H2,1-4H3. The van der Waals surface area contributed by atoms with E-state index in [0.717, 1.165) is 46.3 Å². The van der Waals surface area contributed by atoms with Crippen LogP contribution in [0.25, 0.3) is 16.6 Å². The topological polar surface area (TPSA) is 70.8 Å². The van der Waals surface area contributed by atoms with Gasteiger partial charge in [0.25, 0.3) is 0 Å². The maximum Gasteiger partial charge on any atom is 0.244 e. The van der Waals surface area contributed by atoms with Crippen molar-refractivity contribution >= 4 is 28.4 Å². The van der Waals surface area contributed by atoms with Gasteiger partial charge in [0, 0.05) is 43.8 Å². The molecule has 0 radical (unpaired) electrons. The number of benzene rings is 1. The van der Waals surface area contributed by atoms with E-state index in [1.165, 1.54) is 0 Å². The van der Waals surface area contributed by atoms with Crippen LogP contribution < -0.4 is 0 Å². The zero-order valence-corrected chi connectivity index (χ0v) is 17.5. The lowest BCUT2D eigenvalue weighted by molar-refractivity contribution is -0.142. The van der Waals surface area contributed by atoms with Crippen molar-refractivity contribution in [3.63, 3.8) is 0 Å². The summed E-state index contributed by atoms with van der Waals surface area (Å²) in [5.41, 5.74) is 4.75. The molecule has 1 aliphatic rings. The Labute approximate surface area is 170 Å². The van der Waals surface area contributed by atoms with Crippen molar-refractivity contribution in [2.45, 2.75) is 45.6 Å². The molecule has 1 aromatic carbocycles. The lowest BCUT2D eigenvalue weighted by Gasteiger charge is -2.26. The van der Waals surface area contributed by atoms with Gasteiger partial charge in [-0.1, -0.05) is 12.1 Å². The Bertz CT molecular complexity index is 1100. The van der Waals surface area contributed by atoms with Crippen LogP contribution in [0.3, 0.4) is 0 Å². The molecule has 0 bridgehead atoms. The lowest BCUT2D eigenvalue weighted by atomic mass is 10.1. The van der Waals surface area contributed by atoms with Crippen molar-refractivity contribution in [1.82, 2.24) is 24.4 Å². The summed E-state index contributed by atoms with van der Waals surface area (Å²) >= 11 is 0.